The lowest BCUT2D eigenvalue weighted by Gasteiger charge is -2.07. The molecule has 0 spiro atoms. The van der Waals surface area contributed by atoms with E-state index in [1.165, 1.54) is 0 Å². The van der Waals surface area contributed by atoms with Crippen LogP contribution in [-0.2, 0) is 4.79 Å². The van der Waals surface area contributed by atoms with Gasteiger partial charge >= 0.3 is 5.97 Å². The SMILES string of the molecule is CC(C)(N)N.NCCCC[C@H](N)C(=O)O. The Morgan fingerprint density at radius 3 is 2.00 bits per heavy atom. The van der Waals surface area contributed by atoms with Crippen LogP contribution in [0.5, 0.6) is 0 Å². The van der Waals surface area contributed by atoms with Crippen LogP contribution in [-0.4, -0.2) is 29.3 Å². The number of unbranched alkanes of at least 4 members (excludes halogenated alkanes) is 1. The summed E-state index contributed by atoms with van der Waals surface area (Å²) in [6, 6.07) is -0.716. The number of hydrogen-bond acceptors (Lipinski definition) is 5. The topological polar surface area (TPSA) is 141 Å². The summed E-state index contributed by atoms with van der Waals surface area (Å²) < 4.78 is 0. The number of aliphatic carboxylic acids is 1. The minimum Gasteiger partial charge on any atom is -0.480 e. The minimum absolute atomic E-state index is 0.500. The normalized spacial score (nSPS) is 12.7. The zero-order valence-corrected chi connectivity index (χ0v) is 9.57. The van der Waals surface area contributed by atoms with Gasteiger partial charge in [-0.25, -0.2) is 0 Å². The highest BCUT2D eigenvalue weighted by molar-refractivity contribution is 5.72. The molecule has 0 aliphatic heterocycles. The molecule has 0 amide bonds. The molecule has 92 valence electrons. The van der Waals surface area contributed by atoms with Crippen LogP contribution in [0.2, 0.25) is 0 Å². The maximum atomic E-state index is 10.1. The molecule has 0 aliphatic carbocycles. The number of rotatable bonds is 5. The van der Waals surface area contributed by atoms with Crippen LogP contribution in [0.25, 0.3) is 0 Å². The average Bonchev–Trinajstić information content (AvgIpc) is 2.01. The third-order valence-corrected chi connectivity index (χ3v) is 1.29. The van der Waals surface area contributed by atoms with Crippen molar-refractivity contribution < 1.29 is 9.90 Å². The van der Waals surface area contributed by atoms with Crippen molar-refractivity contribution in [3.63, 3.8) is 0 Å². The molecule has 0 aliphatic rings. The van der Waals surface area contributed by atoms with E-state index < -0.39 is 17.7 Å². The van der Waals surface area contributed by atoms with Crippen molar-refractivity contribution in [2.75, 3.05) is 6.54 Å². The first-order valence-corrected chi connectivity index (χ1v) is 4.94. The second-order valence-corrected chi connectivity index (χ2v) is 4.05. The van der Waals surface area contributed by atoms with Gasteiger partial charge < -0.3 is 28.0 Å². The van der Waals surface area contributed by atoms with Gasteiger partial charge in [-0.1, -0.05) is 6.42 Å². The molecular formula is C9H24N4O2. The van der Waals surface area contributed by atoms with E-state index >= 15 is 0 Å². The Labute approximate surface area is 91.0 Å². The number of carboxylic acid groups (broad SMARTS) is 1. The van der Waals surface area contributed by atoms with Gasteiger partial charge in [0.1, 0.15) is 6.04 Å². The van der Waals surface area contributed by atoms with Gasteiger partial charge in [-0.2, -0.15) is 0 Å². The van der Waals surface area contributed by atoms with E-state index in [2.05, 4.69) is 0 Å². The average molecular weight is 220 g/mol. The van der Waals surface area contributed by atoms with Crippen molar-refractivity contribution in [2.45, 2.75) is 44.8 Å². The molecule has 15 heavy (non-hydrogen) atoms. The highest BCUT2D eigenvalue weighted by atomic mass is 16.4. The summed E-state index contributed by atoms with van der Waals surface area (Å²) in [7, 11) is 0. The maximum absolute atomic E-state index is 10.1. The van der Waals surface area contributed by atoms with Gasteiger partial charge in [0.15, 0.2) is 0 Å². The quantitative estimate of drug-likeness (QED) is 0.302. The van der Waals surface area contributed by atoms with Crippen LogP contribution in [0.15, 0.2) is 0 Å². The maximum Gasteiger partial charge on any atom is 0.320 e. The Balaban J connectivity index is 0. The smallest absolute Gasteiger partial charge is 0.320 e. The highest BCUT2D eigenvalue weighted by Gasteiger charge is 2.09. The van der Waals surface area contributed by atoms with Crippen LogP contribution in [0.1, 0.15) is 33.1 Å². The molecule has 0 aromatic carbocycles. The number of carbonyl (C=O) groups is 1. The van der Waals surface area contributed by atoms with E-state index in [4.69, 9.17) is 28.0 Å². The molecule has 0 unspecified atom stereocenters. The van der Waals surface area contributed by atoms with Crippen molar-refractivity contribution in [1.82, 2.24) is 0 Å². The van der Waals surface area contributed by atoms with Gasteiger partial charge in [0.05, 0.1) is 5.66 Å². The van der Waals surface area contributed by atoms with E-state index in [-0.39, 0.29) is 0 Å². The molecule has 0 fully saturated rings. The van der Waals surface area contributed by atoms with Crippen molar-refractivity contribution >= 4 is 5.97 Å². The summed E-state index contributed by atoms with van der Waals surface area (Å²) in [6.45, 7) is 4.09. The first-order chi connectivity index (χ1) is 6.68. The molecule has 0 radical (unpaired) electrons. The first kappa shape index (κ1) is 16.7. The minimum atomic E-state index is -0.933. The summed E-state index contributed by atoms with van der Waals surface area (Å²) in [6.07, 6.45) is 2.16. The van der Waals surface area contributed by atoms with E-state index in [0.29, 0.717) is 13.0 Å². The fraction of sp³-hybridized carbons (Fsp3) is 0.889. The van der Waals surface area contributed by atoms with E-state index in [9.17, 15) is 4.79 Å². The summed E-state index contributed by atoms with van der Waals surface area (Å²) >= 11 is 0. The third kappa shape index (κ3) is 24.7. The van der Waals surface area contributed by atoms with Crippen LogP contribution < -0.4 is 22.9 Å². The Bertz CT molecular complexity index is 162. The molecule has 0 heterocycles. The van der Waals surface area contributed by atoms with Crippen molar-refractivity contribution in [3.8, 4) is 0 Å². The molecule has 0 saturated carbocycles. The first-order valence-electron chi connectivity index (χ1n) is 4.94. The standard InChI is InChI=1S/C6H14N2O2.C3H10N2/c7-4-2-1-3-5(8)6(9)10;1-3(2,4)5/h5H,1-4,7-8H2,(H,9,10);4-5H2,1-2H3/t5-;/m0./s1. The van der Waals surface area contributed by atoms with Gasteiger partial charge in [-0.3, -0.25) is 4.79 Å². The molecule has 0 saturated heterocycles. The lowest BCUT2D eigenvalue weighted by Crippen LogP contribution is -2.42. The van der Waals surface area contributed by atoms with Crippen LogP contribution >= 0.6 is 0 Å². The summed E-state index contributed by atoms with van der Waals surface area (Å²) in [5, 5.41) is 8.33. The van der Waals surface area contributed by atoms with Crippen LogP contribution in [0, 0.1) is 0 Å². The Morgan fingerprint density at radius 1 is 1.33 bits per heavy atom. The van der Waals surface area contributed by atoms with E-state index in [1.807, 2.05) is 0 Å². The van der Waals surface area contributed by atoms with E-state index in [0.717, 1.165) is 12.8 Å². The second-order valence-electron chi connectivity index (χ2n) is 4.05. The lowest BCUT2D eigenvalue weighted by molar-refractivity contribution is -0.138. The number of hydrogen-bond donors (Lipinski definition) is 5. The summed E-state index contributed by atoms with van der Waals surface area (Å²) in [5.41, 5.74) is 20.2. The molecule has 0 rings (SSSR count). The monoisotopic (exact) mass is 220 g/mol. The molecule has 6 nitrogen and oxygen atoms in total. The van der Waals surface area contributed by atoms with Gasteiger partial charge in [0.2, 0.25) is 0 Å². The van der Waals surface area contributed by atoms with E-state index in [1.54, 1.807) is 13.8 Å². The van der Waals surface area contributed by atoms with Crippen molar-refractivity contribution in [3.05, 3.63) is 0 Å². The zero-order chi connectivity index (χ0) is 12.5. The second kappa shape index (κ2) is 8.60. The summed E-state index contributed by atoms with van der Waals surface area (Å²) in [4.78, 5) is 10.1. The molecular weight excluding hydrogens is 196 g/mol. The molecule has 0 bridgehead atoms. The Hall–Kier alpha value is -0.690. The predicted molar refractivity (Wildman–Crippen MR) is 61.0 cm³/mol. The number of nitrogens with two attached hydrogens (primary N) is 4. The molecule has 9 N–H and O–H groups in total. The highest BCUT2D eigenvalue weighted by Crippen LogP contribution is 1.96. The number of carboxylic acids is 1. The van der Waals surface area contributed by atoms with Gasteiger partial charge in [0, 0.05) is 0 Å². The Kier molecular flexibility index (Phi) is 9.60. The van der Waals surface area contributed by atoms with Gasteiger partial charge in [-0.05, 0) is 33.2 Å². The zero-order valence-electron chi connectivity index (χ0n) is 9.57. The molecule has 0 aromatic heterocycles. The largest absolute Gasteiger partial charge is 0.480 e. The molecule has 1 atom stereocenters. The fourth-order valence-electron chi connectivity index (χ4n) is 0.632. The molecule has 0 aromatic rings. The van der Waals surface area contributed by atoms with Crippen molar-refractivity contribution in [2.24, 2.45) is 22.9 Å². The van der Waals surface area contributed by atoms with Crippen molar-refractivity contribution in [1.29, 1.82) is 0 Å². The predicted octanol–water partition coefficient (Wildman–Crippen LogP) is -0.833. The van der Waals surface area contributed by atoms with Crippen LogP contribution in [0.4, 0.5) is 0 Å². The third-order valence-electron chi connectivity index (χ3n) is 1.29. The molecule has 6 heteroatoms. The van der Waals surface area contributed by atoms with Crippen LogP contribution in [0.3, 0.4) is 0 Å². The van der Waals surface area contributed by atoms with Gasteiger partial charge in [-0.15, -0.1) is 0 Å². The fourth-order valence-corrected chi connectivity index (χ4v) is 0.632. The Morgan fingerprint density at radius 2 is 1.73 bits per heavy atom. The lowest BCUT2D eigenvalue weighted by atomic mass is 10.1. The van der Waals surface area contributed by atoms with Gasteiger partial charge in [0.25, 0.3) is 0 Å². The summed E-state index contributed by atoms with van der Waals surface area (Å²) in [5.74, 6) is -0.933.